The summed E-state index contributed by atoms with van der Waals surface area (Å²) in [7, 11) is 0. The Kier molecular flexibility index (Phi) is 5.23. The highest BCUT2D eigenvalue weighted by Crippen LogP contribution is 2.28. The summed E-state index contributed by atoms with van der Waals surface area (Å²) in [5.74, 6) is 0.219. The zero-order valence-electron chi connectivity index (χ0n) is 12.1. The van der Waals surface area contributed by atoms with Crippen molar-refractivity contribution in [3.05, 3.63) is 22.5 Å². The minimum atomic E-state index is -0.0333. The van der Waals surface area contributed by atoms with Crippen molar-refractivity contribution < 1.29 is 9.59 Å². The van der Waals surface area contributed by atoms with E-state index >= 15 is 0 Å². The van der Waals surface area contributed by atoms with E-state index in [0.29, 0.717) is 11.3 Å². The molecule has 2 aromatic rings. The molecule has 0 saturated heterocycles. The van der Waals surface area contributed by atoms with E-state index in [0.717, 1.165) is 19.9 Å². The molecule has 0 fully saturated rings. The summed E-state index contributed by atoms with van der Waals surface area (Å²) >= 11 is 4.38. The van der Waals surface area contributed by atoms with Crippen molar-refractivity contribution in [3.63, 3.8) is 0 Å². The smallest absolute Gasteiger partial charge is 0.189 e. The number of Topliss-reactive ketones (excluding diaryl/α,β-unsaturated/α-hetero) is 2. The molecular weight excluding hydrogens is 326 g/mol. The molecule has 0 aliphatic heterocycles. The summed E-state index contributed by atoms with van der Waals surface area (Å²) < 4.78 is 1.66. The number of hydrogen-bond acceptors (Lipinski definition) is 7. The van der Waals surface area contributed by atoms with Crippen LogP contribution in [0.3, 0.4) is 0 Å². The lowest BCUT2D eigenvalue weighted by Gasteiger charge is -1.99. The molecule has 112 valence electrons. The van der Waals surface area contributed by atoms with Crippen LogP contribution in [0.1, 0.15) is 39.0 Å². The number of aromatic nitrogens is 3. The van der Waals surface area contributed by atoms with Crippen molar-refractivity contribution >= 4 is 46.4 Å². The first kappa shape index (κ1) is 16.3. The SMILES string of the molecule is CSc1nnc(SCC(=O)c2[nH]c(C)c(C(C)=O)c2C)s1. The molecular formula is C13H15N3O2S3. The molecule has 0 amide bonds. The molecule has 0 aromatic carbocycles. The molecule has 0 radical (unpaired) electrons. The normalized spacial score (nSPS) is 10.9. The van der Waals surface area contributed by atoms with Gasteiger partial charge in [-0.3, -0.25) is 9.59 Å². The molecule has 0 aliphatic rings. The van der Waals surface area contributed by atoms with Crippen molar-refractivity contribution in [1.29, 1.82) is 0 Å². The standard InChI is InChI=1S/C13H15N3O2S3/c1-6-10(8(3)17)7(2)14-11(6)9(18)5-20-13-16-15-12(19-4)21-13/h14H,5H2,1-4H3. The van der Waals surface area contributed by atoms with Crippen LogP contribution in [0, 0.1) is 13.8 Å². The quantitative estimate of drug-likeness (QED) is 0.641. The summed E-state index contributed by atoms with van der Waals surface area (Å²) in [5, 5.41) is 8.01. The highest BCUT2D eigenvalue weighted by molar-refractivity contribution is 8.03. The number of hydrogen-bond donors (Lipinski definition) is 1. The summed E-state index contributed by atoms with van der Waals surface area (Å²) in [6.45, 7) is 5.12. The van der Waals surface area contributed by atoms with Gasteiger partial charge in [0.1, 0.15) is 0 Å². The molecule has 0 aliphatic carbocycles. The minimum absolute atomic E-state index is 0.0262. The lowest BCUT2D eigenvalue weighted by Crippen LogP contribution is -2.05. The second-order valence-electron chi connectivity index (χ2n) is 4.43. The van der Waals surface area contributed by atoms with Gasteiger partial charge in [0.05, 0.1) is 11.4 Å². The van der Waals surface area contributed by atoms with Gasteiger partial charge >= 0.3 is 0 Å². The number of H-pyrrole nitrogens is 1. The van der Waals surface area contributed by atoms with Crippen molar-refractivity contribution in [2.24, 2.45) is 0 Å². The minimum Gasteiger partial charge on any atom is -0.355 e. The number of carbonyl (C=O) groups excluding carboxylic acids is 2. The summed E-state index contributed by atoms with van der Waals surface area (Å²) in [5.41, 5.74) is 2.60. The highest BCUT2D eigenvalue weighted by atomic mass is 32.2. The van der Waals surface area contributed by atoms with Gasteiger partial charge in [-0.05, 0) is 32.6 Å². The van der Waals surface area contributed by atoms with Crippen LogP contribution in [0.2, 0.25) is 0 Å². The number of thioether (sulfide) groups is 2. The molecule has 5 nitrogen and oxygen atoms in total. The second-order valence-corrected chi connectivity index (χ2v) is 7.68. The molecule has 0 atom stereocenters. The van der Waals surface area contributed by atoms with E-state index in [4.69, 9.17) is 0 Å². The van der Waals surface area contributed by atoms with Crippen LogP contribution < -0.4 is 0 Å². The molecule has 2 heterocycles. The molecule has 1 N–H and O–H groups in total. The predicted octanol–water partition coefficient (Wildman–Crippen LogP) is 3.38. The maximum absolute atomic E-state index is 12.3. The van der Waals surface area contributed by atoms with Crippen LogP contribution >= 0.6 is 34.9 Å². The zero-order chi connectivity index (χ0) is 15.6. The van der Waals surface area contributed by atoms with Crippen LogP contribution in [-0.4, -0.2) is 38.8 Å². The van der Waals surface area contributed by atoms with Crippen LogP contribution in [0.4, 0.5) is 0 Å². The Balaban J connectivity index is 2.10. The molecule has 0 spiro atoms. The number of carbonyl (C=O) groups is 2. The average Bonchev–Trinajstić information content (AvgIpc) is 3.00. The third-order valence-corrected chi connectivity index (χ3v) is 5.99. The van der Waals surface area contributed by atoms with Gasteiger partial charge in [-0.2, -0.15) is 0 Å². The Bertz CT molecular complexity index is 691. The van der Waals surface area contributed by atoms with Crippen molar-refractivity contribution in [2.75, 3.05) is 12.0 Å². The monoisotopic (exact) mass is 341 g/mol. The van der Waals surface area contributed by atoms with E-state index in [9.17, 15) is 9.59 Å². The highest BCUT2D eigenvalue weighted by Gasteiger charge is 2.20. The van der Waals surface area contributed by atoms with E-state index < -0.39 is 0 Å². The van der Waals surface area contributed by atoms with Crippen molar-refractivity contribution in [3.8, 4) is 0 Å². The van der Waals surface area contributed by atoms with Gasteiger partial charge in [0, 0.05) is 11.3 Å². The first-order valence-corrected chi connectivity index (χ1v) is 9.20. The summed E-state index contributed by atoms with van der Waals surface area (Å²) in [6, 6.07) is 0. The Morgan fingerprint density at radius 3 is 2.43 bits per heavy atom. The summed E-state index contributed by atoms with van der Waals surface area (Å²) in [6.07, 6.45) is 1.94. The third kappa shape index (κ3) is 3.56. The molecule has 2 rings (SSSR count). The van der Waals surface area contributed by atoms with E-state index in [1.807, 2.05) is 13.2 Å². The Morgan fingerprint density at radius 2 is 1.90 bits per heavy atom. The number of rotatable bonds is 6. The number of nitrogens with one attached hydrogen (secondary N) is 1. The van der Waals surface area contributed by atoms with Crippen LogP contribution in [-0.2, 0) is 0 Å². The number of aryl methyl sites for hydroxylation is 1. The van der Waals surface area contributed by atoms with Crippen LogP contribution in [0.15, 0.2) is 8.68 Å². The number of aromatic amines is 1. The van der Waals surface area contributed by atoms with Gasteiger partial charge in [-0.15, -0.1) is 10.2 Å². The van der Waals surface area contributed by atoms with Gasteiger partial charge in [-0.1, -0.05) is 34.9 Å². The Labute approximate surface area is 135 Å². The molecule has 0 unspecified atom stereocenters. The fourth-order valence-electron chi connectivity index (χ4n) is 2.09. The number of nitrogens with zero attached hydrogens (tertiary/aromatic N) is 2. The van der Waals surface area contributed by atoms with Gasteiger partial charge in [-0.25, -0.2) is 0 Å². The zero-order valence-corrected chi connectivity index (χ0v) is 14.6. The topological polar surface area (TPSA) is 75.7 Å². The number of ketones is 2. The first-order chi connectivity index (χ1) is 9.93. The fraction of sp³-hybridized carbons (Fsp3) is 0.385. The van der Waals surface area contributed by atoms with Gasteiger partial charge in [0.25, 0.3) is 0 Å². The Hall–Kier alpha value is -1.12. The summed E-state index contributed by atoms with van der Waals surface area (Å²) in [4.78, 5) is 26.9. The largest absolute Gasteiger partial charge is 0.355 e. The average molecular weight is 341 g/mol. The lowest BCUT2D eigenvalue weighted by molar-refractivity contribution is 0.101. The van der Waals surface area contributed by atoms with E-state index in [2.05, 4.69) is 15.2 Å². The van der Waals surface area contributed by atoms with E-state index in [1.54, 1.807) is 6.92 Å². The van der Waals surface area contributed by atoms with Crippen molar-refractivity contribution in [2.45, 2.75) is 29.5 Å². The molecule has 0 bridgehead atoms. The van der Waals surface area contributed by atoms with Gasteiger partial charge in [0.2, 0.25) is 0 Å². The maximum atomic E-state index is 12.3. The molecule has 2 aromatic heterocycles. The Morgan fingerprint density at radius 1 is 1.24 bits per heavy atom. The fourth-order valence-corrected chi connectivity index (χ4v) is 4.40. The first-order valence-electron chi connectivity index (χ1n) is 6.17. The van der Waals surface area contributed by atoms with Crippen LogP contribution in [0.25, 0.3) is 0 Å². The predicted molar refractivity (Wildman–Crippen MR) is 87.0 cm³/mol. The van der Waals surface area contributed by atoms with E-state index in [-0.39, 0.29) is 17.3 Å². The molecule has 8 heteroatoms. The maximum Gasteiger partial charge on any atom is 0.189 e. The molecule has 0 saturated carbocycles. The third-order valence-electron chi connectivity index (χ3n) is 2.96. The molecule has 21 heavy (non-hydrogen) atoms. The van der Waals surface area contributed by atoms with Crippen molar-refractivity contribution in [1.82, 2.24) is 15.2 Å². The van der Waals surface area contributed by atoms with Gasteiger partial charge in [0.15, 0.2) is 20.2 Å². The lowest BCUT2D eigenvalue weighted by atomic mass is 10.1. The van der Waals surface area contributed by atoms with E-state index in [1.165, 1.54) is 41.8 Å². The van der Waals surface area contributed by atoms with Crippen LogP contribution in [0.5, 0.6) is 0 Å². The van der Waals surface area contributed by atoms with Gasteiger partial charge < -0.3 is 4.98 Å². The second kappa shape index (κ2) is 6.76.